The van der Waals surface area contributed by atoms with E-state index in [4.69, 9.17) is 0 Å². The first-order chi connectivity index (χ1) is 16.7. The van der Waals surface area contributed by atoms with Crippen molar-refractivity contribution in [2.24, 2.45) is 0 Å². The number of phenolic OH excluding ortho intramolecular Hbond substituents is 7. The van der Waals surface area contributed by atoms with Crippen LogP contribution in [0.1, 0.15) is 57.1 Å². The Morgan fingerprint density at radius 3 is 1.54 bits per heavy atom. The second-order valence-electron chi connectivity index (χ2n) is 9.28. The maximum absolute atomic E-state index is 11.0. The highest BCUT2D eigenvalue weighted by Gasteiger charge is 2.54. The summed E-state index contributed by atoms with van der Waals surface area (Å²) in [5.41, 5.74) is 3.61. The van der Waals surface area contributed by atoms with E-state index in [2.05, 4.69) is 0 Å². The molecule has 0 fully saturated rings. The quantitative estimate of drug-likeness (QED) is 0.223. The molecule has 0 aliphatic heterocycles. The van der Waals surface area contributed by atoms with Crippen LogP contribution in [0.15, 0.2) is 66.7 Å². The molecule has 2 aliphatic carbocycles. The largest absolute Gasteiger partial charge is 0.508 e. The molecule has 6 rings (SSSR count). The van der Waals surface area contributed by atoms with E-state index in [1.165, 1.54) is 24.3 Å². The van der Waals surface area contributed by atoms with Crippen LogP contribution in [-0.2, 0) is 0 Å². The minimum atomic E-state index is -0.563. The Morgan fingerprint density at radius 1 is 0.400 bits per heavy atom. The Morgan fingerprint density at radius 2 is 0.914 bits per heavy atom. The smallest absolute Gasteiger partial charge is 0.123 e. The summed E-state index contributed by atoms with van der Waals surface area (Å²) in [5, 5.41) is 73.5. The summed E-state index contributed by atoms with van der Waals surface area (Å²) in [4.78, 5) is 0. The van der Waals surface area contributed by atoms with Crippen LogP contribution in [0.3, 0.4) is 0 Å². The van der Waals surface area contributed by atoms with E-state index in [0.717, 1.165) is 5.56 Å². The van der Waals surface area contributed by atoms with Gasteiger partial charge in [-0.05, 0) is 52.6 Å². The zero-order valence-corrected chi connectivity index (χ0v) is 18.3. The fraction of sp³-hybridized carbons (Fsp3) is 0.143. The third-order valence-electron chi connectivity index (χ3n) is 7.40. The van der Waals surface area contributed by atoms with Crippen molar-refractivity contribution < 1.29 is 35.7 Å². The molecule has 176 valence electrons. The molecule has 7 heteroatoms. The third-order valence-corrected chi connectivity index (χ3v) is 7.40. The molecule has 2 aliphatic rings. The highest BCUT2D eigenvalue weighted by molar-refractivity contribution is 5.69. The van der Waals surface area contributed by atoms with Crippen molar-refractivity contribution >= 4 is 0 Å². The van der Waals surface area contributed by atoms with Crippen LogP contribution in [0.25, 0.3) is 0 Å². The van der Waals surface area contributed by atoms with Crippen LogP contribution in [0, 0.1) is 0 Å². The molecule has 0 radical (unpaired) electrons. The number of rotatable bonds is 2. The van der Waals surface area contributed by atoms with Crippen molar-refractivity contribution in [2.75, 3.05) is 0 Å². The van der Waals surface area contributed by atoms with E-state index < -0.39 is 23.7 Å². The first-order valence-electron chi connectivity index (χ1n) is 11.2. The van der Waals surface area contributed by atoms with E-state index >= 15 is 0 Å². The molecule has 2 bridgehead atoms. The van der Waals surface area contributed by atoms with Gasteiger partial charge >= 0.3 is 0 Å². The predicted octanol–water partition coefficient (Wildman–Crippen LogP) is 4.78. The Labute approximate surface area is 200 Å². The fourth-order valence-electron chi connectivity index (χ4n) is 6.24. The van der Waals surface area contributed by atoms with Crippen LogP contribution in [-0.4, -0.2) is 35.7 Å². The Balaban J connectivity index is 1.74. The van der Waals surface area contributed by atoms with Crippen molar-refractivity contribution in [3.63, 3.8) is 0 Å². The first-order valence-corrected chi connectivity index (χ1v) is 11.2. The van der Waals surface area contributed by atoms with Gasteiger partial charge in [0.25, 0.3) is 0 Å². The van der Waals surface area contributed by atoms with Gasteiger partial charge in [-0.2, -0.15) is 0 Å². The minimum Gasteiger partial charge on any atom is -0.508 e. The van der Waals surface area contributed by atoms with Crippen molar-refractivity contribution in [2.45, 2.75) is 23.7 Å². The van der Waals surface area contributed by atoms with Gasteiger partial charge in [0, 0.05) is 53.0 Å². The maximum Gasteiger partial charge on any atom is 0.123 e. The van der Waals surface area contributed by atoms with Crippen LogP contribution < -0.4 is 0 Å². The number of phenols is 7. The van der Waals surface area contributed by atoms with E-state index in [-0.39, 0.29) is 40.2 Å². The summed E-state index contributed by atoms with van der Waals surface area (Å²) in [6, 6.07) is 16.6. The summed E-state index contributed by atoms with van der Waals surface area (Å²) in [6.45, 7) is 0. The van der Waals surface area contributed by atoms with Gasteiger partial charge in [-0.3, -0.25) is 0 Å². The van der Waals surface area contributed by atoms with Crippen LogP contribution >= 0.6 is 0 Å². The van der Waals surface area contributed by atoms with Crippen molar-refractivity contribution in [3.8, 4) is 40.2 Å². The average molecular weight is 470 g/mol. The summed E-state index contributed by atoms with van der Waals surface area (Å²) < 4.78 is 0. The zero-order valence-electron chi connectivity index (χ0n) is 18.3. The number of hydrogen-bond donors (Lipinski definition) is 7. The lowest BCUT2D eigenvalue weighted by Gasteiger charge is -2.40. The van der Waals surface area contributed by atoms with Gasteiger partial charge < -0.3 is 35.7 Å². The number of aromatic hydroxyl groups is 7. The van der Waals surface area contributed by atoms with Gasteiger partial charge in [0.2, 0.25) is 0 Å². The van der Waals surface area contributed by atoms with E-state index in [1.807, 2.05) is 0 Å². The Kier molecular flexibility index (Phi) is 4.35. The number of hydrogen-bond acceptors (Lipinski definition) is 7. The zero-order chi connectivity index (χ0) is 24.6. The lowest BCUT2D eigenvalue weighted by Crippen LogP contribution is -2.26. The van der Waals surface area contributed by atoms with Gasteiger partial charge in [0.15, 0.2) is 0 Å². The molecule has 0 heterocycles. The summed E-state index contributed by atoms with van der Waals surface area (Å²) in [6.07, 6.45) is 0. The monoisotopic (exact) mass is 470 g/mol. The first kappa shape index (κ1) is 21.0. The van der Waals surface area contributed by atoms with Crippen molar-refractivity contribution in [1.82, 2.24) is 0 Å². The van der Waals surface area contributed by atoms with Gasteiger partial charge in [0.05, 0.1) is 0 Å². The van der Waals surface area contributed by atoms with E-state index in [1.54, 1.807) is 42.5 Å². The predicted molar refractivity (Wildman–Crippen MR) is 127 cm³/mol. The second kappa shape index (κ2) is 7.24. The number of benzene rings is 4. The standard InChI is InChI=1S/C28H22O7/c29-13-3-1-12(2-4-13)23-24-18(7-15(31)10-21(24)34)28-25-19(8-16(32)11-22(25)35)27(23)26(28)17-6-5-14(30)9-20(17)33/h1-11,23,26-35H/t23-,26-,27+,28?/m1/s1. The molecule has 0 amide bonds. The topological polar surface area (TPSA) is 142 Å². The molecule has 4 aromatic carbocycles. The Bertz CT molecular complexity index is 1490. The van der Waals surface area contributed by atoms with Crippen molar-refractivity contribution in [3.05, 3.63) is 100 Å². The Hall–Kier alpha value is -4.52. The van der Waals surface area contributed by atoms with Crippen LogP contribution in [0.5, 0.6) is 40.2 Å². The van der Waals surface area contributed by atoms with Crippen LogP contribution in [0.4, 0.5) is 0 Å². The summed E-state index contributed by atoms with van der Waals surface area (Å²) in [7, 11) is 0. The van der Waals surface area contributed by atoms with Gasteiger partial charge in [0.1, 0.15) is 40.2 Å². The highest BCUT2D eigenvalue weighted by Crippen LogP contribution is 2.69. The average Bonchev–Trinajstić information content (AvgIpc) is 3.04. The van der Waals surface area contributed by atoms with Gasteiger partial charge in [-0.1, -0.05) is 18.2 Å². The van der Waals surface area contributed by atoms with E-state index in [9.17, 15) is 35.7 Å². The second-order valence-corrected chi connectivity index (χ2v) is 9.28. The molecule has 1 unspecified atom stereocenters. The molecule has 7 nitrogen and oxygen atoms in total. The maximum atomic E-state index is 11.0. The molecule has 0 saturated carbocycles. The van der Waals surface area contributed by atoms with Crippen LogP contribution in [0.2, 0.25) is 0 Å². The normalized spacial score (nSPS) is 21.9. The van der Waals surface area contributed by atoms with Crippen molar-refractivity contribution in [1.29, 1.82) is 0 Å². The lowest BCUT2D eigenvalue weighted by atomic mass is 9.62. The molecule has 4 atom stereocenters. The third kappa shape index (κ3) is 2.98. The lowest BCUT2D eigenvalue weighted by molar-refractivity contribution is 0.393. The molecule has 7 N–H and O–H groups in total. The molecule has 0 spiro atoms. The van der Waals surface area contributed by atoms with E-state index in [0.29, 0.717) is 27.8 Å². The number of fused-ring (bicyclic) bond motifs is 7. The van der Waals surface area contributed by atoms with Gasteiger partial charge in [-0.25, -0.2) is 0 Å². The fourth-order valence-corrected chi connectivity index (χ4v) is 6.24. The highest BCUT2D eigenvalue weighted by atomic mass is 16.3. The SMILES string of the molecule is Oc1ccc([C@@H]2c3c(O)cc(O)cc3C3c4c(O)cc(O)cc4[C@@H]2[C@H]3c2ccc(O)cc2O)cc1. The summed E-state index contributed by atoms with van der Waals surface area (Å²) in [5.74, 6) is -2.65. The molecule has 35 heavy (non-hydrogen) atoms. The molecular formula is C28H22O7. The van der Waals surface area contributed by atoms with Gasteiger partial charge in [-0.15, -0.1) is 0 Å². The molecule has 4 aromatic rings. The molecular weight excluding hydrogens is 448 g/mol. The minimum absolute atomic E-state index is 0.0763. The summed E-state index contributed by atoms with van der Waals surface area (Å²) >= 11 is 0. The molecule has 0 aromatic heterocycles. The molecule has 0 saturated heterocycles.